The minimum atomic E-state index is -0.574. The zero-order chi connectivity index (χ0) is 23.7. The van der Waals surface area contributed by atoms with Gasteiger partial charge < -0.3 is 14.2 Å². The van der Waals surface area contributed by atoms with Crippen LogP contribution in [0, 0.1) is 0 Å². The van der Waals surface area contributed by atoms with Gasteiger partial charge in [-0.1, -0.05) is 35.0 Å². The fourth-order valence-electron chi connectivity index (χ4n) is 4.57. The summed E-state index contributed by atoms with van der Waals surface area (Å²) in [5.74, 6) is 1.58. The molecule has 1 saturated carbocycles. The van der Waals surface area contributed by atoms with Gasteiger partial charge in [0.1, 0.15) is 17.3 Å². The van der Waals surface area contributed by atoms with E-state index in [4.69, 9.17) is 26.1 Å². The van der Waals surface area contributed by atoms with E-state index >= 15 is 0 Å². The Labute approximate surface area is 202 Å². The van der Waals surface area contributed by atoms with Crippen LogP contribution in [0.4, 0.5) is 5.82 Å². The molecule has 0 unspecified atom stereocenters. The molecule has 3 heterocycles. The second-order valence-corrected chi connectivity index (χ2v) is 9.38. The third kappa shape index (κ3) is 4.66. The number of anilines is 1. The van der Waals surface area contributed by atoms with Gasteiger partial charge in [-0.15, -0.1) is 0 Å². The van der Waals surface area contributed by atoms with Gasteiger partial charge in [-0.05, 0) is 50.8 Å². The smallest absolute Gasteiger partial charge is 0.276 e. The first kappa shape index (κ1) is 22.8. The molecule has 1 aliphatic heterocycles. The summed E-state index contributed by atoms with van der Waals surface area (Å²) in [6, 6.07) is 11.4. The largest absolute Gasteiger partial charge is 0.373 e. The number of nitrogens with one attached hydrogen (secondary N) is 1. The average Bonchev–Trinajstić information content (AvgIpc) is 3.62. The highest BCUT2D eigenvalue weighted by atomic mass is 35.5. The molecular formula is C25H27ClN4O4. The molecule has 3 aromatic rings. The van der Waals surface area contributed by atoms with Crippen molar-refractivity contribution in [1.82, 2.24) is 15.6 Å². The first-order valence-electron chi connectivity index (χ1n) is 11.6. The lowest BCUT2D eigenvalue weighted by Gasteiger charge is -2.38. The first-order valence-corrected chi connectivity index (χ1v) is 11.9. The molecule has 0 radical (unpaired) electrons. The van der Waals surface area contributed by atoms with Crippen LogP contribution < -0.4 is 10.4 Å². The van der Waals surface area contributed by atoms with E-state index in [0.29, 0.717) is 23.1 Å². The lowest BCUT2D eigenvalue weighted by Crippen LogP contribution is -2.44. The molecule has 2 fully saturated rings. The zero-order valence-corrected chi connectivity index (χ0v) is 19.7. The maximum absolute atomic E-state index is 11.5. The Morgan fingerprint density at radius 2 is 2.09 bits per heavy atom. The molecule has 2 aromatic heterocycles. The van der Waals surface area contributed by atoms with E-state index in [1.165, 1.54) is 6.20 Å². The average molecular weight is 483 g/mol. The highest BCUT2D eigenvalue weighted by Crippen LogP contribution is 2.45. The van der Waals surface area contributed by atoms with Gasteiger partial charge in [0.25, 0.3) is 5.91 Å². The van der Waals surface area contributed by atoms with Gasteiger partial charge >= 0.3 is 0 Å². The highest BCUT2D eigenvalue weighted by Gasteiger charge is 2.34. The third-order valence-corrected chi connectivity index (χ3v) is 6.92. The van der Waals surface area contributed by atoms with Crippen LogP contribution in [0.2, 0.25) is 5.02 Å². The summed E-state index contributed by atoms with van der Waals surface area (Å²) in [6.45, 7) is 3.38. The van der Waals surface area contributed by atoms with Crippen molar-refractivity contribution in [3.8, 4) is 11.3 Å². The van der Waals surface area contributed by atoms with Crippen molar-refractivity contribution in [1.29, 1.82) is 0 Å². The van der Waals surface area contributed by atoms with E-state index in [2.05, 4.69) is 22.0 Å². The van der Waals surface area contributed by atoms with E-state index in [-0.39, 0.29) is 12.1 Å². The van der Waals surface area contributed by atoms with E-state index in [0.717, 1.165) is 60.6 Å². The second kappa shape index (κ2) is 9.74. The molecule has 2 N–H and O–H groups in total. The van der Waals surface area contributed by atoms with Crippen molar-refractivity contribution in [3.05, 3.63) is 64.5 Å². The van der Waals surface area contributed by atoms with Gasteiger partial charge in [0.05, 0.1) is 23.3 Å². The van der Waals surface area contributed by atoms with E-state index in [1.807, 2.05) is 24.3 Å². The van der Waals surface area contributed by atoms with Crippen molar-refractivity contribution in [2.45, 2.75) is 57.3 Å². The van der Waals surface area contributed by atoms with Crippen molar-refractivity contribution in [2.24, 2.45) is 0 Å². The minimum Gasteiger partial charge on any atom is -0.373 e. The van der Waals surface area contributed by atoms with Gasteiger partial charge in [0, 0.05) is 35.8 Å². The predicted octanol–water partition coefficient (Wildman–Crippen LogP) is 4.96. The summed E-state index contributed by atoms with van der Waals surface area (Å²) in [6.07, 6.45) is 5.52. The number of benzene rings is 1. The summed E-state index contributed by atoms with van der Waals surface area (Å²) in [4.78, 5) is 18.1. The van der Waals surface area contributed by atoms with Crippen LogP contribution >= 0.6 is 11.6 Å². The Hall–Kier alpha value is -2.94. The van der Waals surface area contributed by atoms with Gasteiger partial charge in [-0.25, -0.2) is 10.5 Å². The van der Waals surface area contributed by atoms with Crippen molar-refractivity contribution in [3.63, 3.8) is 0 Å². The third-order valence-electron chi connectivity index (χ3n) is 6.59. The van der Waals surface area contributed by atoms with Crippen LogP contribution in [0.1, 0.15) is 60.2 Å². The lowest BCUT2D eigenvalue weighted by atomic mass is 10.00. The number of amides is 1. The number of halogens is 1. The second-order valence-electron chi connectivity index (χ2n) is 8.97. The number of pyridine rings is 1. The quantitative estimate of drug-likeness (QED) is 0.362. The molecule has 1 amide bonds. The monoisotopic (exact) mass is 482 g/mol. The molecule has 5 rings (SSSR count). The SMILES string of the molecule is C[C@@H]1C[C@H](OCc2c(-c3ccccc3Cl)noc2C2CC2)CCN1c1ccc(C(=O)NO)cn1. The van der Waals surface area contributed by atoms with Gasteiger partial charge in [-0.2, -0.15) is 0 Å². The van der Waals surface area contributed by atoms with Crippen LogP contribution in [0.3, 0.4) is 0 Å². The summed E-state index contributed by atoms with van der Waals surface area (Å²) in [7, 11) is 0. The number of nitrogens with zero attached hydrogens (tertiary/aromatic N) is 3. The predicted molar refractivity (Wildman–Crippen MR) is 127 cm³/mol. The van der Waals surface area contributed by atoms with Crippen LogP contribution in [0.25, 0.3) is 11.3 Å². The Morgan fingerprint density at radius 1 is 1.26 bits per heavy atom. The fourth-order valence-corrected chi connectivity index (χ4v) is 4.79. The summed E-state index contributed by atoms with van der Waals surface area (Å²) >= 11 is 6.44. The zero-order valence-electron chi connectivity index (χ0n) is 18.9. The molecule has 34 heavy (non-hydrogen) atoms. The van der Waals surface area contributed by atoms with Gasteiger partial charge in [-0.3, -0.25) is 10.0 Å². The number of aromatic nitrogens is 2. The molecule has 2 aliphatic rings. The molecule has 2 atom stereocenters. The van der Waals surface area contributed by atoms with Gasteiger partial charge in [0.15, 0.2) is 0 Å². The van der Waals surface area contributed by atoms with E-state index in [1.54, 1.807) is 17.6 Å². The maximum Gasteiger partial charge on any atom is 0.276 e. The molecule has 8 nitrogen and oxygen atoms in total. The number of piperidine rings is 1. The Morgan fingerprint density at radius 3 is 2.76 bits per heavy atom. The summed E-state index contributed by atoms with van der Waals surface area (Å²) < 4.78 is 12.1. The van der Waals surface area contributed by atoms with E-state index < -0.39 is 5.91 Å². The molecule has 9 heteroatoms. The van der Waals surface area contributed by atoms with Crippen LogP contribution in [-0.4, -0.2) is 39.9 Å². The number of hydrogen-bond donors (Lipinski definition) is 2. The van der Waals surface area contributed by atoms with Crippen molar-refractivity contribution in [2.75, 3.05) is 11.4 Å². The highest BCUT2D eigenvalue weighted by molar-refractivity contribution is 6.33. The molecule has 1 aromatic carbocycles. The van der Waals surface area contributed by atoms with E-state index in [9.17, 15) is 4.79 Å². The molecule has 0 bridgehead atoms. The lowest BCUT2D eigenvalue weighted by molar-refractivity contribution is 0.0174. The van der Waals surface area contributed by atoms with Crippen LogP contribution in [0.5, 0.6) is 0 Å². The Kier molecular flexibility index (Phi) is 6.54. The number of hydrogen-bond acceptors (Lipinski definition) is 7. The van der Waals surface area contributed by atoms with Crippen molar-refractivity contribution >= 4 is 23.3 Å². The number of hydroxylamine groups is 1. The summed E-state index contributed by atoms with van der Waals surface area (Å²) in [5, 5.41) is 13.8. The van der Waals surface area contributed by atoms with Crippen LogP contribution in [-0.2, 0) is 11.3 Å². The molecule has 0 spiro atoms. The Balaban J connectivity index is 1.26. The molecule has 1 saturated heterocycles. The van der Waals surface area contributed by atoms with Gasteiger partial charge in [0.2, 0.25) is 0 Å². The number of carbonyl (C=O) groups is 1. The maximum atomic E-state index is 11.5. The molecular weight excluding hydrogens is 456 g/mol. The number of carbonyl (C=O) groups excluding carboxylic acids is 1. The first-order chi connectivity index (χ1) is 16.5. The molecule has 1 aliphatic carbocycles. The summed E-state index contributed by atoms with van der Waals surface area (Å²) in [5.41, 5.74) is 4.58. The normalized spacial score (nSPS) is 20.4. The molecule has 178 valence electrons. The van der Waals surface area contributed by atoms with Crippen LogP contribution in [0.15, 0.2) is 47.1 Å². The fraction of sp³-hybridized carbons (Fsp3) is 0.400. The standard InChI is InChI=1S/C25H27ClN4O4/c1-15-12-18(10-11-30(15)22-9-8-17(13-27-22)25(31)28-32)33-14-20-23(19-4-2-3-5-21(19)26)29-34-24(20)16-6-7-16/h2-5,8-9,13,15-16,18,32H,6-7,10-12,14H2,1H3,(H,28,31)/t15-,18-/m1/s1. The Bertz CT molecular complexity index is 1160. The minimum absolute atomic E-state index is 0.103. The number of ether oxygens (including phenoxy) is 1. The number of rotatable bonds is 7. The topological polar surface area (TPSA) is 101 Å². The van der Waals surface area contributed by atoms with Crippen molar-refractivity contribution < 1.29 is 19.3 Å².